The van der Waals surface area contributed by atoms with Gasteiger partial charge >= 0.3 is 0 Å². The highest BCUT2D eigenvalue weighted by Crippen LogP contribution is 2.30. The largest absolute Gasteiger partial charge is 0.322 e. The number of rotatable bonds is 5. The molecule has 0 aliphatic rings. The maximum Gasteiger partial charge on any atom is 0.264 e. The molecule has 0 aliphatic carbocycles. The van der Waals surface area contributed by atoms with Crippen molar-refractivity contribution in [1.82, 2.24) is 0 Å². The van der Waals surface area contributed by atoms with Gasteiger partial charge in [0.2, 0.25) is 0 Å². The molecule has 29 heavy (non-hydrogen) atoms. The number of hydrogen-bond acceptors (Lipinski definition) is 3. The number of hydrogen-bond donors (Lipinski definition) is 2. The number of sulfonamides is 1. The Morgan fingerprint density at radius 3 is 2.03 bits per heavy atom. The van der Waals surface area contributed by atoms with Crippen LogP contribution in [0.1, 0.15) is 10.4 Å². The fourth-order valence-electron chi connectivity index (χ4n) is 2.44. The first-order valence-corrected chi connectivity index (χ1v) is 10.2. The summed E-state index contributed by atoms with van der Waals surface area (Å²) >= 11 is 11.9. The maximum atomic E-state index is 13.7. The van der Waals surface area contributed by atoms with Crippen molar-refractivity contribution in [2.75, 3.05) is 10.0 Å². The summed E-state index contributed by atoms with van der Waals surface area (Å²) in [6.07, 6.45) is 0. The van der Waals surface area contributed by atoms with Crippen LogP contribution < -0.4 is 10.0 Å². The van der Waals surface area contributed by atoms with E-state index in [1.54, 1.807) is 0 Å². The second-order valence-corrected chi connectivity index (χ2v) is 8.25. The van der Waals surface area contributed by atoms with Crippen molar-refractivity contribution in [3.8, 4) is 0 Å². The molecule has 0 unspecified atom stereocenters. The van der Waals surface area contributed by atoms with Crippen LogP contribution in [-0.4, -0.2) is 14.3 Å². The van der Waals surface area contributed by atoms with Crippen molar-refractivity contribution in [3.63, 3.8) is 0 Å². The van der Waals surface area contributed by atoms with E-state index >= 15 is 0 Å². The molecule has 0 radical (unpaired) electrons. The van der Waals surface area contributed by atoms with Gasteiger partial charge in [0.05, 0.1) is 15.6 Å². The molecule has 0 saturated carbocycles. The van der Waals surface area contributed by atoms with Crippen molar-refractivity contribution in [2.45, 2.75) is 4.90 Å². The van der Waals surface area contributed by atoms with E-state index in [0.29, 0.717) is 6.07 Å². The van der Waals surface area contributed by atoms with Gasteiger partial charge in [-0.05, 0) is 48.5 Å². The second kappa shape index (κ2) is 8.36. The zero-order valence-electron chi connectivity index (χ0n) is 14.4. The minimum absolute atomic E-state index is 0.0322. The average Bonchev–Trinajstić information content (AvgIpc) is 2.62. The smallest absolute Gasteiger partial charge is 0.264 e. The van der Waals surface area contributed by atoms with Crippen LogP contribution in [0.25, 0.3) is 0 Å². The van der Waals surface area contributed by atoms with E-state index in [4.69, 9.17) is 23.2 Å². The molecular weight excluding hydrogens is 445 g/mol. The van der Waals surface area contributed by atoms with Crippen LogP contribution >= 0.6 is 23.2 Å². The van der Waals surface area contributed by atoms with Crippen molar-refractivity contribution in [2.24, 2.45) is 0 Å². The molecule has 10 heteroatoms. The molecule has 1 amide bonds. The first kappa shape index (κ1) is 21.0. The van der Waals surface area contributed by atoms with Crippen molar-refractivity contribution < 1.29 is 22.0 Å². The van der Waals surface area contributed by atoms with E-state index in [9.17, 15) is 22.0 Å². The Bertz CT molecular complexity index is 1170. The van der Waals surface area contributed by atoms with Crippen molar-refractivity contribution in [3.05, 3.63) is 87.9 Å². The third-order valence-electron chi connectivity index (χ3n) is 3.76. The molecule has 0 saturated heterocycles. The lowest BCUT2D eigenvalue weighted by atomic mass is 10.2. The molecule has 2 N–H and O–H groups in total. The van der Waals surface area contributed by atoms with Gasteiger partial charge in [-0.15, -0.1) is 0 Å². The van der Waals surface area contributed by atoms with Gasteiger partial charge in [0.1, 0.15) is 16.5 Å². The average molecular weight is 457 g/mol. The van der Waals surface area contributed by atoms with E-state index in [1.807, 2.05) is 0 Å². The Balaban J connectivity index is 1.76. The standard InChI is InChI=1S/C19H12Cl2F2N2O3S/c20-15-2-1-3-16(21)18(15)29(27,28)25-13-7-5-12(6-8-13)24-19(26)14-9-4-11(22)10-17(14)23/h1-10,25H,(H,24,26). The van der Waals surface area contributed by atoms with E-state index in [1.165, 1.54) is 42.5 Å². The number of halogens is 4. The summed E-state index contributed by atoms with van der Waals surface area (Å²) in [4.78, 5) is 11.8. The van der Waals surface area contributed by atoms with Crippen molar-refractivity contribution in [1.29, 1.82) is 0 Å². The van der Waals surface area contributed by atoms with Crippen LogP contribution in [0.2, 0.25) is 10.0 Å². The van der Waals surface area contributed by atoms with E-state index in [0.717, 1.165) is 12.1 Å². The Morgan fingerprint density at radius 1 is 0.862 bits per heavy atom. The zero-order valence-corrected chi connectivity index (χ0v) is 16.7. The summed E-state index contributed by atoms with van der Waals surface area (Å²) < 4.78 is 54.0. The molecule has 0 aliphatic heterocycles. The maximum absolute atomic E-state index is 13.7. The molecule has 0 heterocycles. The monoisotopic (exact) mass is 456 g/mol. The van der Waals surface area contributed by atoms with Gasteiger partial charge in [0.15, 0.2) is 0 Å². The summed E-state index contributed by atoms with van der Waals surface area (Å²) in [5.41, 5.74) is 0.133. The van der Waals surface area contributed by atoms with E-state index in [2.05, 4.69) is 10.0 Å². The van der Waals surface area contributed by atoms with E-state index < -0.39 is 27.6 Å². The number of amides is 1. The topological polar surface area (TPSA) is 75.3 Å². The predicted molar refractivity (Wildman–Crippen MR) is 108 cm³/mol. The van der Waals surface area contributed by atoms with Crippen LogP contribution in [0, 0.1) is 11.6 Å². The first-order valence-electron chi connectivity index (χ1n) is 8.01. The molecule has 0 fully saturated rings. The highest BCUT2D eigenvalue weighted by molar-refractivity contribution is 7.93. The molecule has 0 bridgehead atoms. The molecule has 3 aromatic rings. The summed E-state index contributed by atoms with van der Waals surface area (Å²) in [6, 6.07) is 12.5. The van der Waals surface area contributed by atoms with Gasteiger partial charge in [-0.25, -0.2) is 17.2 Å². The number of benzene rings is 3. The quantitative estimate of drug-likeness (QED) is 0.544. The molecule has 3 aromatic carbocycles. The minimum atomic E-state index is -4.05. The normalized spacial score (nSPS) is 11.2. The minimum Gasteiger partial charge on any atom is -0.322 e. The number of nitrogens with one attached hydrogen (secondary N) is 2. The van der Waals surface area contributed by atoms with Gasteiger partial charge in [0, 0.05) is 17.4 Å². The highest BCUT2D eigenvalue weighted by Gasteiger charge is 2.21. The van der Waals surface area contributed by atoms with Gasteiger partial charge in [-0.3, -0.25) is 9.52 Å². The molecule has 3 rings (SSSR count). The molecule has 5 nitrogen and oxygen atoms in total. The van der Waals surface area contributed by atoms with Crippen LogP contribution in [-0.2, 0) is 10.0 Å². The zero-order chi connectivity index (χ0) is 21.2. The number of anilines is 2. The summed E-state index contributed by atoms with van der Waals surface area (Å²) in [5.74, 6) is -2.57. The third kappa shape index (κ3) is 4.84. The van der Waals surface area contributed by atoms with Gasteiger partial charge < -0.3 is 5.32 Å². The third-order valence-corrected chi connectivity index (χ3v) is 6.09. The Morgan fingerprint density at radius 2 is 1.45 bits per heavy atom. The fraction of sp³-hybridized carbons (Fsp3) is 0. The van der Waals surface area contributed by atoms with Crippen LogP contribution in [0.5, 0.6) is 0 Å². The number of carbonyl (C=O) groups excluding carboxylic acids is 1. The van der Waals surface area contributed by atoms with Crippen LogP contribution in [0.15, 0.2) is 65.6 Å². The lowest BCUT2D eigenvalue weighted by molar-refractivity contribution is 0.102. The van der Waals surface area contributed by atoms with Crippen LogP contribution in [0.3, 0.4) is 0 Å². The Kier molecular flexibility index (Phi) is 6.07. The Labute approximate surface area is 175 Å². The highest BCUT2D eigenvalue weighted by atomic mass is 35.5. The Hall–Kier alpha value is -2.68. The summed E-state index contributed by atoms with van der Waals surface area (Å²) in [7, 11) is -4.05. The second-order valence-electron chi connectivity index (χ2n) is 5.81. The number of carbonyl (C=O) groups is 1. The van der Waals surface area contributed by atoms with Gasteiger partial charge in [0.25, 0.3) is 15.9 Å². The van der Waals surface area contributed by atoms with Gasteiger partial charge in [-0.1, -0.05) is 29.3 Å². The van der Waals surface area contributed by atoms with Crippen molar-refractivity contribution >= 4 is 50.5 Å². The summed E-state index contributed by atoms with van der Waals surface area (Å²) in [5, 5.41) is 2.37. The fourth-order valence-corrected chi connectivity index (χ4v) is 4.64. The van der Waals surface area contributed by atoms with E-state index in [-0.39, 0.29) is 31.9 Å². The lowest BCUT2D eigenvalue weighted by Gasteiger charge is -2.12. The first-order chi connectivity index (χ1) is 13.7. The van der Waals surface area contributed by atoms with Crippen LogP contribution in [0.4, 0.5) is 20.2 Å². The molecule has 0 spiro atoms. The molecule has 150 valence electrons. The lowest BCUT2D eigenvalue weighted by Crippen LogP contribution is -2.15. The molecule has 0 atom stereocenters. The van der Waals surface area contributed by atoms with Gasteiger partial charge in [-0.2, -0.15) is 0 Å². The SMILES string of the molecule is O=C(Nc1ccc(NS(=O)(=O)c2c(Cl)cccc2Cl)cc1)c1ccc(F)cc1F. The predicted octanol–water partition coefficient (Wildman–Crippen LogP) is 5.32. The molecule has 0 aromatic heterocycles. The summed E-state index contributed by atoms with van der Waals surface area (Å²) in [6.45, 7) is 0. The molecular formula is C19H12Cl2F2N2O3S.